The topological polar surface area (TPSA) is 38.9 Å². The Hall–Kier alpha value is -1.93. The van der Waals surface area contributed by atoms with E-state index in [0.717, 1.165) is 5.56 Å². The van der Waals surface area contributed by atoms with Crippen LogP contribution in [-0.4, -0.2) is 4.98 Å². The highest BCUT2D eigenvalue weighted by molar-refractivity contribution is 5.79. The molecule has 1 aromatic carbocycles. The van der Waals surface area contributed by atoms with Crippen molar-refractivity contribution >= 4 is 11.6 Å². The maximum atomic E-state index is 6.08. The number of nitrogens with zero attached hydrogens (tertiary/aromatic N) is 1. The van der Waals surface area contributed by atoms with Gasteiger partial charge in [0.1, 0.15) is 0 Å². The number of benzene rings is 1. The fourth-order valence-corrected chi connectivity index (χ4v) is 1.96. The maximum absolute atomic E-state index is 6.08. The first-order chi connectivity index (χ1) is 8.97. The minimum absolute atomic E-state index is 0.289. The van der Waals surface area contributed by atoms with E-state index in [1.807, 2.05) is 38.4 Å². The van der Waals surface area contributed by atoms with Crippen LogP contribution in [0.1, 0.15) is 37.5 Å². The number of rotatable bonds is 3. The minimum atomic E-state index is -0.289. The summed E-state index contributed by atoms with van der Waals surface area (Å²) in [6, 6.07) is 12.4. The van der Waals surface area contributed by atoms with Crippen LogP contribution >= 0.6 is 0 Å². The molecule has 98 valence electrons. The van der Waals surface area contributed by atoms with Crippen molar-refractivity contribution in [3.63, 3.8) is 0 Å². The van der Waals surface area contributed by atoms with Gasteiger partial charge in [-0.15, -0.1) is 0 Å². The van der Waals surface area contributed by atoms with Crippen molar-refractivity contribution in [3.05, 3.63) is 65.5 Å². The van der Waals surface area contributed by atoms with E-state index in [9.17, 15) is 0 Å². The van der Waals surface area contributed by atoms with Crippen molar-refractivity contribution in [2.75, 3.05) is 0 Å². The van der Waals surface area contributed by atoms with E-state index in [4.69, 9.17) is 5.73 Å². The second-order valence-electron chi connectivity index (χ2n) is 5.41. The molecule has 1 aromatic heterocycles. The van der Waals surface area contributed by atoms with Gasteiger partial charge >= 0.3 is 0 Å². The van der Waals surface area contributed by atoms with Gasteiger partial charge in [0.2, 0.25) is 0 Å². The third-order valence-corrected chi connectivity index (χ3v) is 3.17. The highest BCUT2D eigenvalue weighted by atomic mass is 14.7. The summed E-state index contributed by atoms with van der Waals surface area (Å²) in [5, 5.41) is 0. The molecule has 0 radical (unpaired) electrons. The largest absolute Gasteiger partial charge is 0.322 e. The predicted molar refractivity (Wildman–Crippen MR) is 81.4 cm³/mol. The minimum Gasteiger partial charge on any atom is -0.322 e. The molecular weight excluding hydrogens is 232 g/mol. The van der Waals surface area contributed by atoms with E-state index < -0.39 is 0 Å². The van der Waals surface area contributed by atoms with Crippen LogP contribution in [0.3, 0.4) is 0 Å². The zero-order valence-electron chi connectivity index (χ0n) is 11.7. The van der Waals surface area contributed by atoms with E-state index in [0.29, 0.717) is 0 Å². The Bertz CT molecular complexity index is 560. The first kappa shape index (κ1) is 13.5. The summed E-state index contributed by atoms with van der Waals surface area (Å²) in [6.07, 6.45) is 5.79. The summed E-state index contributed by atoms with van der Waals surface area (Å²) < 4.78 is 0. The molecule has 1 heterocycles. The third-order valence-electron chi connectivity index (χ3n) is 3.17. The monoisotopic (exact) mass is 252 g/mol. The van der Waals surface area contributed by atoms with E-state index in [1.54, 1.807) is 0 Å². The quantitative estimate of drug-likeness (QED) is 0.901. The smallest absolute Gasteiger partial charge is 0.0352 e. The second kappa shape index (κ2) is 5.37. The van der Waals surface area contributed by atoms with Crippen molar-refractivity contribution < 1.29 is 0 Å². The van der Waals surface area contributed by atoms with E-state index in [1.165, 1.54) is 16.7 Å². The molecule has 0 saturated heterocycles. The SMILES string of the molecule is C/C(=C\c1ccc(C(C)(C)N)cc1)c1ccncc1. The fraction of sp³-hybridized carbons (Fsp3) is 0.235. The lowest BCUT2D eigenvalue weighted by molar-refractivity contribution is 0.554. The van der Waals surface area contributed by atoms with E-state index in [-0.39, 0.29) is 5.54 Å². The first-order valence-corrected chi connectivity index (χ1v) is 6.45. The van der Waals surface area contributed by atoms with Crippen LogP contribution in [-0.2, 0) is 5.54 Å². The molecule has 2 N–H and O–H groups in total. The van der Waals surface area contributed by atoms with Gasteiger partial charge < -0.3 is 5.73 Å². The number of aromatic nitrogens is 1. The fourth-order valence-electron chi connectivity index (χ4n) is 1.96. The number of pyridine rings is 1. The molecule has 0 aliphatic carbocycles. The van der Waals surface area contributed by atoms with Crippen molar-refractivity contribution in [1.29, 1.82) is 0 Å². The number of allylic oxidation sites excluding steroid dienone is 1. The van der Waals surface area contributed by atoms with Crippen LogP contribution in [0.5, 0.6) is 0 Å². The van der Waals surface area contributed by atoms with Gasteiger partial charge in [0.25, 0.3) is 0 Å². The van der Waals surface area contributed by atoms with Crippen molar-refractivity contribution in [3.8, 4) is 0 Å². The van der Waals surface area contributed by atoms with Crippen LogP contribution in [0.15, 0.2) is 48.8 Å². The van der Waals surface area contributed by atoms with Gasteiger partial charge in [-0.25, -0.2) is 0 Å². The zero-order chi connectivity index (χ0) is 13.9. The van der Waals surface area contributed by atoms with Gasteiger partial charge in [0, 0.05) is 17.9 Å². The Morgan fingerprint density at radius 2 is 1.63 bits per heavy atom. The predicted octanol–water partition coefficient (Wildman–Crippen LogP) is 3.84. The lowest BCUT2D eigenvalue weighted by Crippen LogP contribution is -2.28. The molecule has 2 nitrogen and oxygen atoms in total. The summed E-state index contributed by atoms with van der Waals surface area (Å²) in [6.45, 7) is 6.14. The van der Waals surface area contributed by atoms with Crippen molar-refractivity contribution in [1.82, 2.24) is 4.98 Å². The Labute approximate surface area is 115 Å². The molecule has 0 saturated carbocycles. The van der Waals surface area contributed by atoms with Crippen LogP contribution in [0, 0.1) is 0 Å². The Balaban J connectivity index is 2.24. The van der Waals surface area contributed by atoms with Crippen LogP contribution in [0.2, 0.25) is 0 Å². The Morgan fingerprint density at radius 3 is 2.16 bits per heavy atom. The summed E-state index contributed by atoms with van der Waals surface area (Å²) in [5.74, 6) is 0. The Morgan fingerprint density at radius 1 is 1.05 bits per heavy atom. The first-order valence-electron chi connectivity index (χ1n) is 6.45. The molecule has 2 heteroatoms. The molecular formula is C17H20N2. The molecule has 0 aliphatic heterocycles. The average Bonchev–Trinajstić information content (AvgIpc) is 2.39. The zero-order valence-corrected chi connectivity index (χ0v) is 11.7. The van der Waals surface area contributed by atoms with Gasteiger partial charge in [-0.3, -0.25) is 4.98 Å². The van der Waals surface area contributed by atoms with E-state index >= 15 is 0 Å². The number of nitrogens with two attached hydrogens (primary N) is 1. The molecule has 0 fully saturated rings. The lowest BCUT2D eigenvalue weighted by Gasteiger charge is -2.19. The normalized spacial score (nSPS) is 12.5. The number of hydrogen-bond donors (Lipinski definition) is 1. The molecule has 0 amide bonds. The van der Waals surface area contributed by atoms with E-state index in [2.05, 4.69) is 42.2 Å². The molecule has 0 bridgehead atoms. The molecule has 19 heavy (non-hydrogen) atoms. The molecule has 0 atom stereocenters. The standard InChI is InChI=1S/C17H20N2/c1-13(15-8-10-19-11-9-15)12-14-4-6-16(7-5-14)17(2,3)18/h4-12H,18H2,1-3H3/b13-12+. The molecule has 2 aromatic rings. The summed E-state index contributed by atoms with van der Waals surface area (Å²) in [7, 11) is 0. The van der Waals surface area contributed by atoms with Crippen LogP contribution in [0.4, 0.5) is 0 Å². The van der Waals surface area contributed by atoms with Gasteiger partial charge in [-0.1, -0.05) is 30.3 Å². The highest BCUT2D eigenvalue weighted by Gasteiger charge is 2.12. The number of hydrogen-bond acceptors (Lipinski definition) is 2. The average molecular weight is 252 g/mol. The maximum Gasteiger partial charge on any atom is 0.0352 e. The Kier molecular flexibility index (Phi) is 3.82. The van der Waals surface area contributed by atoms with Crippen molar-refractivity contribution in [2.24, 2.45) is 5.73 Å². The van der Waals surface area contributed by atoms with Crippen molar-refractivity contribution in [2.45, 2.75) is 26.3 Å². The summed E-state index contributed by atoms with van der Waals surface area (Å²) >= 11 is 0. The molecule has 0 spiro atoms. The molecule has 0 aliphatic rings. The summed E-state index contributed by atoms with van der Waals surface area (Å²) in [5.41, 5.74) is 10.5. The van der Waals surface area contributed by atoms with Gasteiger partial charge in [-0.05, 0) is 55.2 Å². The lowest BCUT2D eigenvalue weighted by atomic mass is 9.94. The van der Waals surface area contributed by atoms with Gasteiger partial charge in [-0.2, -0.15) is 0 Å². The van der Waals surface area contributed by atoms with Gasteiger partial charge in [0.05, 0.1) is 0 Å². The molecule has 2 rings (SSSR count). The van der Waals surface area contributed by atoms with Crippen LogP contribution in [0.25, 0.3) is 11.6 Å². The second-order valence-corrected chi connectivity index (χ2v) is 5.41. The third kappa shape index (κ3) is 3.52. The molecule has 0 unspecified atom stereocenters. The highest BCUT2D eigenvalue weighted by Crippen LogP contribution is 2.20. The van der Waals surface area contributed by atoms with Crippen LogP contribution < -0.4 is 5.73 Å². The van der Waals surface area contributed by atoms with Gasteiger partial charge in [0.15, 0.2) is 0 Å². The summed E-state index contributed by atoms with van der Waals surface area (Å²) in [4.78, 5) is 4.03.